The lowest BCUT2D eigenvalue weighted by molar-refractivity contribution is -0.165. The van der Waals surface area contributed by atoms with E-state index in [1.807, 2.05) is 5.32 Å². The van der Waals surface area contributed by atoms with Gasteiger partial charge < -0.3 is 30.7 Å². The van der Waals surface area contributed by atoms with Gasteiger partial charge in [-0.3, -0.25) is 24.0 Å². The predicted octanol–water partition coefficient (Wildman–Crippen LogP) is 4.11. The maximum absolute atomic E-state index is 15.1. The number of amides is 4. The van der Waals surface area contributed by atoms with Gasteiger partial charge in [0, 0.05) is 12.7 Å². The molecule has 0 aliphatic heterocycles. The molecule has 2 aromatic rings. The first-order valence-electron chi connectivity index (χ1n) is 14.2. The second-order valence-corrected chi connectivity index (χ2v) is 11.7. The summed E-state index contributed by atoms with van der Waals surface area (Å²) in [5.74, 6) is -19.7. The van der Waals surface area contributed by atoms with E-state index < -0.39 is 90.2 Å². The minimum atomic E-state index is -5.08. The number of hydrogen-bond donors (Lipinski definition) is 4. The summed E-state index contributed by atoms with van der Waals surface area (Å²) in [6.45, 7) is -0.548. The molecule has 276 valence electrons. The van der Waals surface area contributed by atoms with Crippen LogP contribution in [0.2, 0.25) is 10.0 Å². The van der Waals surface area contributed by atoms with Gasteiger partial charge in [-0.1, -0.05) is 55.2 Å². The zero-order chi connectivity index (χ0) is 38.2. The fourth-order valence-corrected chi connectivity index (χ4v) is 4.43. The Kier molecular flexibility index (Phi) is 14.4. The summed E-state index contributed by atoms with van der Waals surface area (Å²) in [5.41, 5.74) is -0.963. The van der Waals surface area contributed by atoms with Crippen molar-refractivity contribution in [3.63, 3.8) is 0 Å². The number of methoxy groups -OCH3 is 2. The molecule has 2 aromatic carbocycles. The highest BCUT2D eigenvalue weighted by molar-refractivity contribution is 6.42. The molecule has 0 aliphatic carbocycles. The van der Waals surface area contributed by atoms with Crippen molar-refractivity contribution in [1.82, 2.24) is 21.3 Å². The molecule has 0 saturated heterocycles. The number of ketones is 1. The summed E-state index contributed by atoms with van der Waals surface area (Å²) in [6.07, 6.45) is -5.08. The Morgan fingerprint density at radius 3 is 1.88 bits per heavy atom. The van der Waals surface area contributed by atoms with Gasteiger partial charge in [0.05, 0.1) is 29.8 Å². The zero-order valence-corrected chi connectivity index (χ0v) is 28.0. The van der Waals surface area contributed by atoms with Crippen LogP contribution in [0.4, 0.5) is 30.7 Å². The monoisotopic (exact) mass is 762 g/mol. The van der Waals surface area contributed by atoms with Crippen LogP contribution in [0.25, 0.3) is 0 Å². The van der Waals surface area contributed by atoms with Crippen LogP contribution in [-0.2, 0) is 34.6 Å². The van der Waals surface area contributed by atoms with Crippen LogP contribution in [0.3, 0.4) is 0 Å². The molecule has 0 aliphatic rings. The second-order valence-electron chi connectivity index (χ2n) is 10.9. The van der Waals surface area contributed by atoms with Crippen LogP contribution < -0.4 is 26.0 Å². The Labute approximate surface area is 290 Å². The molecule has 0 bridgehead atoms. The number of halogens is 9. The number of rotatable bonds is 16. The highest BCUT2D eigenvalue weighted by Gasteiger charge is 2.52. The molecule has 0 fully saturated rings. The van der Waals surface area contributed by atoms with E-state index in [2.05, 4.69) is 5.32 Å². The van der Waals surface area contributed by atoms with Crippen molar-refractivity contribution in [2.45, 2.75) is 50.0 Å². The Hall–Kier alpha value is -4.16. The van der Waals surface area contributed by atoms with Crippen LogP contribution >= 0.6 is 23.2 Å². The van der Waals surface area contributed by atoms with Crippen LogP contribution in [0.1, 0.15) is 31.0 Å². The Balaban J connectivity index is 2.41. The van der Waals surface area contributed by atoms with Crippen molar-refractivity contribution in [3.05, 3.63) is 63.6 Å². The topological polar surface area (TPSA) is 152 Å². The van der Waals surface area contributed by atoms with E-state index in [9.17, 15) is 45.9 Å². The third-order valence-electron chi connectivity index (χ3n) is 6.81. The standard InChI is InChI=1S/C30H31Cl2F7N4O7/c1-14(2)21(23(44)30(38,39)26(47)40-13-28(33,34)35)42-25(46)22(15-5-8-17(50-4)9-6-15)43-24(45)20(12-49-3)41-27(48)29(36,37)16-7-10-18(31)19(32)11-16/h5-11,14,20-22H,12-13H2,1-4H3,(H,40,47)(H,41,48)(H,42,46)(H,43,45). The van der Waals surface area contributed by atoms with Gasteiger partial charge in [-0.15, -0.1) is 0 Å². The Morgan fingerprint density at radius 1 is 0.780 bits per heavy atom. The molecule has 11 nitrogen and oxygen atoms in total. The fraction of sp³-hybridized carbons (Fsp3) is 0.433. The number of carbonyl (C=O) groups excluding carboxylic acids is 5. The van der Waals surface area contributed by atoms with Gasteiger partial charge in [0.1, 0.15) is 24.4 Å². The van der Waals surface area contributed by atoms with Crippen LogP contribution in [0.15, 0.2) is 42.5 Å². The van der Waals surface area contributed by atoms with Crippen LogP contribution in [0, 0.1) is 5.92 Å². The lowest BCUT2D eigenvalue weighted by Gasteiger charge is -2.28. The fourth-order valence-electron chi connectivity index (χ4n) is 4.13. The molecule has 0 heterocycles. The smallest absolute Gasteiger partial charge is 0.405 e. The first kappa shape index (κ1) is 42.0. The van der Waals surface area contributed by atoms with Gasteiger partial charge in [-0.05, 0) is 35.7 Å². The van der Waals surface area contributed by atoms with Crippen molar-refractivity contribution < 1.29 is 64.2 Å². The average molecular weight is 763 g/mol. The molecule has 0 spiro atoms. The minimum absolute atomic E-state index is 0.0788. The highest BCUT2D eigenvalue weighted by atomic mass is 35.5. The van der Waals surface area contributed by atoms with Gasteiger partial charge in [0.2, 0.25) is 17.6 Å². The van der Waals surface area contributed by atoms with Crippen molar-refractivity contribution >= 4 is 52.6 Å². The third kappa shape index (κ3) is 10.9. The number of Topliss-reactive ketones (excluding diaryl/α,β-unsaturated/α-hetero) is 1. The van der Waals surface area contributed by atoms with Crippen LogP contribution in [0.5, 0.6) is 5.75 Å². The lowest BCUT2D eigenvalue weighted by atomic mass is 9.94. The minimum Gasteiger partial charge on any atom is -0.497 e. The average Bonchev–Trinajstić information content (AvgIpc) is 3.04. The molecule has 4 amide bonds. The largest absolute Gasteiger partial charge is 0.497 e. The second kappa shape index (κ2) is 17.2. The normalized spacial score (nSPS) is 13.9. The van der Waals surface area contributed by atoms with E-state index in [4.69, 9.17) is 32.7 Å². The first-order chi connectivity index (χ1) is 23.1. The number of hydrogen-bond acceptors (Lipinski definition) is 7. The van der Waals surface area contributed by atoms with E-state index in [0.717, 1.165) is 30.6 Å². The molecule has 0 aromatic heterocycles. The maximum atomic E-state index is 15.1. The summed E-state index contributed by atoms with van der Waals surface area (Å²) in [4.78, 5) is 64.3. The summed E-state index contributed by atoms with van der Waals surface area (Å²) in [7, 11) is 2.36. The van der Waals surface area contributed by atoms with Gasteiger partial charge >= 0.3 is 18.0 Å². The van der Waals surface area contributed by atoms with Gasteiger partial charge in [0.25, 0.3) is 11.8 Å². The van der Waals surface area contributed by atoms with Gasteiger partial charge in [-0.25, -0.2) is 0 Å². The molecule has 50 heavy (non-hydrogen) atoms. The molecule has 20 heteroatoms. The first-order valence-corrected chi connectivity index (χ1v) is 15.0. The summed E-state index contributed by atoms with van der Waals surface area (Å²) < 4.78 is 107. The molecule has 4 N–H and O–H groups in total. The number of ether oxygens (including phenoxy) is 2. The summed E-state index contributed by atoms with van der Waals surface area (Å²) in [5, 5.41) is 6.49. The summed E-state index contributed by atoms with van der Waals surface area (Å²) >= 11 is 11.5. The van der Waals surface area contributed by atoms with E-state index in [1.54, 1.807) is 5.32 Å². The molecule has 3 unspecified atom stereocenters. The molecular weight excluding hydrogens is 732 g/mol. The van der Waals surface area contributed by atoms with Crippen LogP contribution in [-0.4, -0.2) is 81.0 Å². The van der Waals surface area contributed by atoms with Gasteiger partial charge in [-0.2, -0.15) is 30.7 Å². The molecule has 3 atom stereocenters. The molecular formula is C30H31Cl2F7N4O7. The third-order valence-corrected chi connectivity index (χ3v) is 7.55. The number of nitrogens with one attached hydrogen (secondary N) is 4. The zero-order valence-electron chi connectivity index (χ0n) is 26.5. The van der Waals surface area contributed by atoms with Gasteiger partial charge in [0.15, 0.2) is 0 Å². The SMILES string of the molecule is COCC(NC(=O)C(F)(F)c1ccc(Cl)c(Cl)c1)C(=O)NC(C(=O)NC(C(=O)C(F)(F)C(=O)NCC(F)(F)F)C(C)C)c1ccc(OC)cc1. The summed E-state index contributed by atoms with van der Waals surface area (Å²) in [6, 6.07) is 1.67. The Morgan fingerprint density at radius 2 is 1.38 bits per heavy atom. The van der Waals surface area contributed by atoms with E-state index in [1.165, 1.54) is 45.2 Å². The van der Waals surface area contributed by atoms with Crippen molar-refractivity contribution in [2.24, 2.45) is 5.92 Å². The van der Waals surface area contributed by atoms with Crippen molar-refractivity contribution in [1.29, 1.82) is 0 Å². The van der Waals surface area contributed by atoms with E-state index in [0.29, 0.717) is 0 Å². The Bertz CT molecular complexity index is 1560. The van der Waals surface area contributed by atoms with Crippen molar-refractivity contribution in [2.75, 3.05) is 27.4 Å². The van der Waals surface area contributed by atoms with Crippen molar-refractivity contribution in [3.8, 4) is 5.75 Å². The molecule has 0 saturated carbocycles. The quantitative estimate of drug-likeness (QED) is 0.149. The molecule has 2 rings (SSSR count). The number of carbonyl (C=O) groups is 5. The van der Waals surface area contributed by atoms with E-state index >= 15 is 8.78 Å². The maximum Gasteiger partial charge on any atom is 0.405 e. The van der Waals surface area contributed by atoms with E-state index in [-0.39, 0.29) is 21.4 Å². The highest BCUT2D eigenvalue weighted by Crippen LogP contribution is 2.33. The number of alkyl halides is 7. The predicted molar refractivity (Wildman–Crippen MR) is 164 cm³/mol. The number of benzene rings is 2. The lowest BCUT2D eigenvalue weighted by Crippen LogP contribution is -2.59. The molecule has 0 radical (unpaired) electrons.